The molecular weight excluding hydrogens is 316 g/mol. The summed E-state index contributed by atoms with van der Waals surface area (Å²) in [5, 5.41) is 6.89. The van der Waals surface area contributed by atoms with Gasteiger partial charge in [0.2, 0.25) is 5.91 Å². The molecule has 5 heteroatoms. The number of hydrogen-bond donors (Lipinski definition) is 1. The molecule has 0 saturated carbocycles. The second-order valence-corrected chi connectivity index (χ2v) is 6.80. The van der Waals surface area contributed by atoms with E-state index in [0.717, 1.165) is 47.7 Å². The lowest BCUT2D eigenvalue weighted by Gasteiger charge is -2.08. The molecule has 1 heterocycles. The lowest BCUT2D eigenvalue weighted by Crippen LogP contribution is -2.26. The number of hydrogen-bond acceptors (Lipinski definition) is 4. The van der Waals surface area contributed by atoms with Crippen LogP contribution < -0.4 is 10.1 Å². The predicted octanol–water partition coefficient (Wildman–Crippen LogP) is 3.97. The molecule has 0 fully saturated rings. The lowest BCUT2D eigenvalue weighted by molar-refractivity contribution is -0.120. The van der Waals surface area contributed by atoms with E-state index in [1.165, 1.54) is 0 Å². The number of rotatable bonds is 9. The Morgan fingerprint density at radius 2 is 1.96 bits per heavy atom. The third kappa shape index (κ3) is 6.25. The van der Waals surface area contributed by atoms with E-state index in [1.54, 1.807) is 0 Å². The number of amides is 1. The van der Waals surface area contributed by atoms with Crippen LogP contribution in [0.15, 0.2) is 28.8 Å². The van der Waals surface area contributed by atoms with Gasteiger partial charge in [-0.1, -0.05) is 31.1 Å². The highest BCUT2D eigenvalue weighted by atomic mass is 16.5. The van der Waals surface area contributed by atoms with Crippen LogP contribution in [0.5, 0.6) is 5.75 Å². The van der Waals surface area contributed by atoms with Crippen LogP contribution in [0.25, 0.3) is 0 Å². The summed E-state index contributed by atoms with van der Waals surface area (Å²) in [6.07, 6.45) is 2.56. The van der Waals surface area contributed by atoms with Gasteiger partial charge in [-0.3, -0.25) is 4.79 Å². The SMILES string of the molecule is Cc1noc(C)c1COc1ccc(CC(=O)NCCCC(C)C)cc1. The van der Waals surface area contributed by atoms with Crippen LogP contribution in [0.1, 0.15) is 49.3 Å². The normalized spacial score (nSPS) is 10.9. The number of aryl methyl sites for hydroxylation is 2. The van der Waals surface area contributed by atoms with Crippen molar-refractivity contribution in [2.45, 2.75) is 53.6 Å². The molecule has 1 aromatic carbocycles. The van der Waals surface area contributed by atoms with E-state index in [9.17, 15) is 4.79 Å². The van der Waals surface area contributed by atoms with E-state index in [0.29, 0.717) is 18.9 Å². The van der Waals surface area contributed by atoms with E-state index < -0.39 is 0 Å². The summed E-state index contributed by atoms with van der Waals surface area (Å²) in [7, 11) is 0. The summed E-state index contributed by atoms with van der Waals surface area (Å²) < 4.78 is 10.9. The minimum absolute atomic E-state index is 0.0631. The van der Waals surface area contributed by atoms with Crippen molar-refractivity contribution in [3.63, 3.8) is 0 Å². The zero-order chi connectivity index (χ0) is 18.2. The first-order chi connectivity index (χ1) is 12.0. The minimum Gasteiger partial charge on any atom is -0.489 e. The molecule has 0 aliphatic rings. The summed E-state index contributed by atoms with van der Waals surface area (Å²) in [6.45, 7) is 9.33. The fraction of sp³-hybridized carbons (Fsp3) is 0.500. The molecule has 136 valence electrons. The molecule has 0 radical (unpaired) electrons. The standard InChI is InChI=1S/C20H28N2O3/c1-14(2)6-5-11-21-20(23)12-17-7-9-18(10-8-17)24-13-19-15(3)22-25-16(19)4/h7-10,14H,5-6,11-13H2,1-4H3,(H,21,23). The smallest absolute Gasteiger partial charge is 0.224 e. The van der Waals surface area contributed by atoms with Gasteiger partial charge >= 0.3 is 0 Å². The predicted molar refractivity (Wildman–Crippen MR) is 97.5 cm³/mol. The molecule has 2 aromatic rings. The Hall–Kier alpha value is -2.30. The van der Waals surface area contributed by atoms with E-state index in [4.69, 9.17) is 9.26 Å². The Morgan fingerprint density at radius 3 is 2.56 bits per heavy atom. The number of carbonyl (C=O) groups excluding carboxylic acids is 1. The number of ether oxygens (including phenoxy) is 1. The van der Waals surface area contributed by atoms with Crippen molar-refractivity contribution in [2.75, 3.05) is 6.54 Å². The van der Waals surface area contributed by atoms with Crippen molar-refractivity contribution in [3.8, 4) is 5.75 Å². The minimum atomic E-state index is 0.0631. The monoisotopic (exact) mass is 344 g/mol. The highest BCUT2D eigenvalue weighted by Gasteiger charge is 2.09. The Balaban J connectivity index is 1.76. The molecule has 2 rings (SSSR count). The van der Waals surface area contributed by atoms with Gasteiger partial charge in [0.1, 0.15) is 18.1 Å². The van der Waals surface area contributed by atoms with Crippen LogP contribution in [-0.4, -0.2) is 17.6 Å². The zero-order valence-corrected chi connectivity index (χ0v) is 15.6. The Morgan fingerprint density at radius 1 is 1.24 bits per heavy atom. The average molecular weight is 344 g/mol. The number of carbonyl (C=O) groups is 1. The summed E-state index contributed by atoms with van der Waals surface area (Å²) >= 11 is 0. The molecule has 1 amide bonds. The van der Waals surface area contributed by atoms with Gasteiger partial charge in [0, 0.05) is 6.54 Å². The molecule has 0 saturated heterocycles. The van der Waals surface area contributed by atoms with E-state index in [2.05, 4.69) is 24.3 Å². The second-order valence-electron chi connectivity index (χ2n) is 6.80. The molecule has 0 aliphatic heterocycles. The molecular formula is C20H28N2O3. The third-order valence-electron chi connectivity index (χ3n) is 4.13. The molecule has 0 spiro atoms. The Kier molecular flexibility index (Phi) is 7.04. The zero-order valence-electron chi connectivity index (χ0n) is 15.6. The van der Waals surface area contributed by atoms with Crippen molar-refractivity contribution in [2.24, 2.45) is 5.92 Å². The van der Waals surface area contributed by atoms with Crippen LogP contribution in [0.4, 0.5) is 0 Å². The van der Waals surface area contributed by atoms with Crippen molar-refractivity contribution < 1.29 is 14.1 Å². The molecule has 25 heavy (non-hydrogen) atoms. The summed E-state index contributed by atoms with van der Waals surface area (Å²) in [4.78, 5) is 11.9. The average Bonchev–Trinajstić information content (AvgIpc) is 2.89. The lowest BCUT2D eigenvalue weighted by atomic mass is 10.1. The van der Waals surface area contributed by atoms with Crippen LogP contribution >= 0.6 is 0 Å². The molecule has 0 unspecified atom stereocenters. The van der Waals surface area contributed by atoms with Gasteiger partial charge in [0.25, 0.3) is 0 Å². The summed E-state index contributed by atoms with van der Waals surface area (Å²) in [5.74, 6) is 2.28. The fourth-order valence-corrected chi connectivity index (χ4v) is 2.55. The van der Waals surface area contributed by atoms with Crippen LogP contribution in [0.3, 0.4) is 0 Å². The van der Waals surface area contributed by atoms with Gasteiger partial charge in [-0.15, -0.1) is 0 Å². The maximum absolute atomic E-state index is 11.9. The number of nitrogens with zero attached hydrogens (tertiary/aromatic N) is 1. The van der Waals surface area contributed by atoms with Gasteiger partial charge in [-0.2, -0.15) is 0 Å². The Labute approximate surface area is 149 Å². The number of benzene rings is 1. The summed E-state index contributed by atoms with van der Waals surface area (Å²) in [6, 6.07) is 7.63. The van der Waals surface area contributed by atoms with E-state index in [-0.39, 0.29) is 5.91 Å². The van der Waals surface area contributed by atoms with Crippen molar-refractivity contribution in [3.05, 3.63) is 46.8 Å². The topological polar surface area (TPSA) is 64.4 Å². The van der Waals surface area contributed by atoms with Gasteiger partial charge in [-0.25, -0.2) is 0 Å². The maximum atomic E-state index is 11.9. The molecule has 1 aromatic heterocycles. The van der Waals surface area contributed by atoms with Gasteiger partial charge < -0.3 is 14.6 Å². The number of nitrogens with one attached hydrogen (secondary N) is 1. The first kappa shape index (κ1) is 19.0. The van der Waals surface area contributed by atoms with Gasteiger partial charge in [0.15, 0.2) is 0 Å². The van der Waals surface area contributed by atoms with Gasteiger partial charge in [0.05, 0.1) is 17.7 Å². The molecule has 1 N–H and O–H groups in total. The summed E-state index contributed by atoms with van der Waals surface area (Å²) in [5.41, 5.74) is 2.80. The van der Waals surface area contributed by atoms with Crippen molar-refractivity contribution >= 4 is 5.91 Å². The highest BCUT2D eigenvalue weighted by Crippen LogP contribution is 2.18. The van der Waals surface area contributed by atoms with Crippen LogP contribution in [0.2, 0.25) is 0 Å². The van der Waals surface area contributed by atoms with Crippen molar-refractivity contribution in [1.82, 2.24) is 10.5 Å². The quantitative estimate of drug-likeness (QED) is 0.699. The van der Waals surface area contributed by atoms with E-state index in [1.807, 2.05) is 38.1 Å². The first-order valence-electron chi connectivity index (χ1n) is 8.86. The molecule has 0 aliphatic carbocycles. The first-order valence-corrected chi connectivity index (χ1v) is 8.86. The van der Waals surface area contributed by atoms with Crippen LogP contribution in [-0.2, 0) is 17.8 Å². The fourth-order valence-electron chi connectivity index (χ4n) is 2.55. The molecule has 0 bridgehead atoms. The maximum Gasteiger partial charge on any atom is 0.224 e. The Bertz CT molecular complexity index is 655. The van der Waals surface area contributed by atoms with Gasteiger partial charge in [-0.05, 0) is 50.3 Å². The second kappa shape index (κ2) is 9.25. The van der Waals surface area contributed by atoms with Crippen molar-refractivity contribution in [1.29, 1.82) is 0 Å². The van der Waals surface area contributed by atoms with E-state index >= 15 is 0 Å². The third-order valence-corrected chi connectivity index (χ3v) is 4.13. The number of aromatic nitrogens is 1. The molecule has 5 nitrogen and oxygen atoms in total. The highest BCUT2D eigenvalue weighted by molar-refractivity contribution is 5.78. The molecule has 0 atom stereocenters. The van der Waals surface area contributed by atoms with Crippen LogP contribution in [0, 0.1) is 19.8 Å². The largest absolute Gasteiger partial charge is 0.489 e.